The number of benzene rings is 14. The van der Waals surface area contributed by atoms with E-state index in [2.05, 4.69) is 313 Å². The van der Waals surface area contributed by atoms with Gasteiger partial charge in [0.25, 0.3) is 0 Å². The van der Waals surface area contributed by atoms with Gasteiger partial charge in [-0.15, -0.1) is 22.7 Å². The third-order valence-corrected chi connectivity index (χ3v) is 18.0. The van der Waals surface area contributed by atoms with E-state index in [4.69, 9.17) is 0 Å². The molecule has 0 saturated carbocycles. The zero-order valence-corrected chi connectivity index (χ0v) is 45.2. The third-order valence-electron chi connectivity index (χ3n) is 15.7. The largest absolute Gasteiger partial charge is 0.310 e. The average Bonchev–Trinajstić information content (AvgIpc) is 4.19. The Morgan fingerprint density at radius 1 is 0.212 bits per heavy atom. The van der Waals surface area contributed by atoms with Crippen molar-refractivity contribution >= 4 is 140 Å². The second-order valence-corrected chi connectivity index (χ2v) is 22.5. The molecule has 0 fully saturated rings. The summed E-state index contributed by atoms with van der Waals surface area (Å²) >= 11 is 3.74. The van der Waals surface area contributed by atoms with Gasteiger partial charge in [0.15, 0.2) is 0 Å². The predicted octanol–water partition coefficient (Wildman–Crippen LogP) is 23.0. The van der Waals surface area contributed by atoms with Crippen molar-refractivity contribution in [3.8, 4) is 22.3 Å². The normalized spacial score (nSPS) is 11.5. The van der Waals surface area contributed by atoms with Crippen molar-refractivity contribution in [3.05, 3.63) is 303 Å². The molecule has 0 N–H and O–H groups in total. The molecular formula is C76H50N2S2. The van der Waals surface area contributed by atoms with Crippen LogP contribution in [0.4, 0.5) is 34.1 Å². The standard InChI is InChI=1S/2C38H25NS/c1-2-11-29-25-31(24-19-26(29)9-1)39(36-17-7-12-27-10-3-4-13-32(27)36)30-22-20-28(21-23-30)33-15-8-16-35-34-14-5-6-18-37(34)40-38(33)35;1-2-10-29-24-32(22-18-26(29)8-1)39(36-14-7-11-28-9-3-4-12-33(28)36)31-20-16-27(17-21-31)30-19-23-38-35(25-30)34-13-5-6-15-37(34)40-38/h2*1-25H. The molecule has 80 heavy (non-hydrogen) atoms. The van der Waals surface area contributed by atoms with Crippen LogP contribution in [0, 0.1) is 0 Å². The molecule has 14 aromatic carbocycles. The Balaban J connectivity index is 0.000000138. The lowest BCUT2D eigenvalue weighted by atomic mass is 10.0. The smallest absolute Gasteiger partial charge is 0.0540 e. The van der Waals surface area contributed by atoms with Gasteiger partial charge < -0.3 is 9.80 Å². The van der Waals surface area contributed by atoms with Gasteiger partial charge in [-0.2, -0.15) is 0 Å². The molecule has 0 spiro atoms. The SMILES string of the molecule is c1ccc2cc(N(c3ccc(-c4ccc5sc6ccccc6c5c4)cc3)c3cccc4ccccc34)ccc2c1.c1ccc2cc(N(c3ccc(-c4cccc5c4sc4ccccc45)cc3)c3cccc4ccccc34)ccc2c1. The van der Waals surface area contributed by atoms with Crippen molar-refractivity contribution in [2.45, 2.75) is 0 Å². The predicted molar refractivity (Wildman–Crippen MR) is 349 cm³/mol. The summed E-state index contributed by atoms with van der Waals surface area (Å²) < 4.78 is 5.35. The van der Waals surface area contributed by atoms with Gasteiger partial charge in [-0.1, -0.05) is 218 Å². The van der Waals surface area contributed by atoms with Crippen LogP contribution in [0.5, 0.6) is 0 Å². The maximum atomic E-state index is 2.39. The monoisotopic (exact) mass is 1050 g/mol. The Bertz CT molecular complexity index is 4950. The van der Waals surface area contributed by atoms with Gasteiger partial charge in [-0.25, -0.2) is 0 Å². The lowest BCUT2D eigenvalue weighted by Crippen LogP contribution is -2.10. The van der Waals surface area contributed by atoms with Crippen LogP contribution < -0.4 is 9.80 Å². The highest BCUT2D eigenvalue weighted by atomic mass is 32.1. The number of hydrogen-bond acceptors (Lipinski definition) is 4. The molecule has 0 aliphatic heterocycles. The summed E-state index contributed by atoms with van der Waals surface area (Å²) in [4.78, 5) is 4.77. The summed E-state index contributed by atoms with van der Waals surface area (Å²) in [6.07, 6.45) is 0. The van der Waals surface area contributed by atoms with Gasteiger partial charge in [0.05, 0.1) is 11.4 Å². The maximum Gasteiger partial charge on any atom is 0.0540 e. The number of hydrogen-bond donors (Lipinski definition) is 0. The Morgan fingerprint density at radius 3 is 1.19 bits per heavy atom. The van der Waals surface area contributed by atoms with Gasteiger partial charge in [-0.3, -0.25) is 0 Å². The number of fused-ring (bicyclic) bond motifs is 10. The quantitative estimate of drug-likeness (QED) is 0.150. The van der Waals surface area contributed by atoms with E-state index >= 15 is 0 Å². The van der Waals surface area contributed by atoms with E-state index in [-0.39, 0.29) is 0 Å². The van der Waals surface area contributed by atoms with Gasteiger partial charge in [0, 0.05) is 73.9 Å². The molecule has 2 nitrogen and oxygen atoms in total. The van der Waals surface area contributed by atoms with E-state index in [9.17, 15) is 0 Å². The van der Waals surface area contributed by atoms with Gasteiger partial charge in [-0.05, 0) is 140 Å². The highest BCUT2D eigenvalue weighted by Gasteiger charge is 2.19. The first-order chi connectivity index (χ1) is 39.6. The van der Waals surface area contributed by atoms with E-state index in [0.29, 0.717) is 0 Å². The maximum absolute atomic E-state index is 2.39. The molecule has 0 bridgehead atoms. The lowest BCUT2D eigenvalue weighted by molar-refractivity contribution is 1.30. The van der Waals surface area contributed by atoms with Crippen molar-refractivity contribution in [2.75, 3.05) is 9.80 Å². The Hall–Kier alpha value is -9.84. The minimum absolute atomic E-state index is 1.14. The first kappa shape index (κ1) is 47.4. The highest BCUT2D eigenvalue weighted by molar-refractivity contribution is 7.26. The van der Waals surface area contributed by atoms with Crippen LogP contribution in [0.3, 0.4) is 0 Å². The fourth-order valence-corrected chi connectivity index (χ4v) is 14.1. The van der Waals surface area contributed by atoms with Crippen molar-refractivity contribution in [2.24, 2.45) is 0 Å². The van der Waals surface area contributed by atoms with Crippen LogP contribution in [0.2, 0.25) is 0 Å². The van der Waals surface area contributed by atoms with E-state index in [1.54, 1.807) is 0 Å². The van der Waals surface area contributed by atoms with Gasteiger partial charge in [0.1, 0.15) is 0 Å². The molecule has 16 aromatic rings. The molecule has 0 amide bonds. The zero-order valence-electron chi connectivity index (χ0n) is 43.6. The number of rotatable bonds is 8. The van der Waals surface area contributed by atoms with Crippen molar-refractivity contribution < 1.29 is 0 Å². The minimum Gasteiger partial charge on any atom is -0.310 e. The second-order valence-electron chi connectivity index (χ2n) is 20.4. The van der Waals surface area contributed by atoms with Crippen LogP contribution >= 0.6 is 22.7 Å². The Labute approximate surface area is 472 Å². The molecule has 0 aliphatic rings. The van der Waals surface area contributed by atoms with E-state index < -0.39 is 0 Å². The number of nitrogens with zero attached hydrogens (tertiary/aromatic N) is 2. The fraction of sp³-hybridized carbons (Fsp3) is 0. The van der Waals surface area contributed by atoms with Crippen LogP contribution in [0.25, 0.3) is 106 Å². The van der Waals surface area contributed by atoms with Crippen LogP contribution in [-0.4, -0.2) is 0 Å². The van der Waals surface area contributed by atoms with Crippen LogP contribution in [0.1, 0.15) is 0 Å². The Kier molecular flexibility index (Phi) is 12.0. The van der Waals surface area contributed by atoms with Gasteiger partial charge in [0.2, 0.25) is 0 Å². The fourth-order valence-electron chi connectivity index (χ4n) is 11.8. The minimum atomic E-state index is 1.14. The molecule has 2 aromatic heterocycles. The van der Waals surface area contributed by atoms with Crippen molar-refractivity contribution in [3.63, 3.8) is 0 Å². The number of thiophene rings is 2. The van der Waals surface area contributed by atoms with Crippen molar-refractivity contribution in [1.82, 2.24) is 0 Å². The van der Waals surface area contributed by atoms with E-state index in [0.717, 1.165) is 22.7 Å². The molecule has 0 atom stereocenters. The summed E-state index contributed by atoms with van der Waals surface area (Å²) in [5, 5.41) is 15.2. The van der Waals surface area contributed by atoms with E-state index in [1.165, 1.54) is 117 Å². The summed E-state index contributed by atoms with van der Waals surface area (Å²) in [5.74, 6) is 0. The lowest BCUT2D eigenvalue weighted by Gasteiger charge is -2.27. The highest BCUT2D eigenvalue weighted by Crippen LogP contribution is 2.45. The first-order valence-electron chi connectivity index (χ1n) is 27.2. The molecule has 0 aliphatic carbocycles. The van der Waals surface area contributed by atoms with Crippen LogP contribution in [0.15, 0.2) is 303 Å². The summed E-state index contributed by atoms with van der Waals surface area (Å²) in [6, 6.07) is 110. The summed E-state index contributed by atoms with van der Waals surface area (Å²) in [7, 11) is 0. The first-order valence-corrected chi connectivity index (χ1v) is 28.8. The zero-order chi connectivity index (χ0) is 52.9. The topological polar surface area (TPSA) is 6.48 Å². The molecular weight excluding hydrogens is 1000 g/mol. The summed E-state index contributed by atoms with van der Waals surface area (Å²) in [5.41, 5.74) is 11.9. The Morgan fingerprint density at radius 2 is 0.613 bits per heavy atom. The molecule has 0 unspecified atom stereocenters. The second kappa shape index (κ2) is 20.2. The number of anilines is 6. The molecule has 2 heterocycles. The molecule has 4 heteroatoms. The average molecular weight is 1060 g/mol. The summed E-state index contributed by atoms with van der Waals surface area (Å²) in [6.45, 7) is 0. The van der Waals surface area contributed by atoms with Gasteiger partial charge >= 0.3 is 0 Å². The van der Waals surface area contributed by atoms with Crippen LogP contribution in [-0.2, 0) is 0 Å². The van der Waals surface area contributed by atoms with E-state index in [1.807, 2.05) is 22.7 Å². The third kappa shape index (κ3) is 8.59. The van der Waals surface area contributed by atoms with Crippen molar-refractivity contribution in [1.29, 1.82) is 0 Å². The molecule has 0 saturated heterocycles. The molecule has 376 valence electrons. The molecule has 0 radical (unpaired) electrons. The molecule has 16 rings (SSSR count).